The Morgan fingerprint density at radius 2 is 1.76 bits per heavy atom. The molecule has 0 aliphatic rings. The lowest BCUT2D eigenvalue weighted by molar-refractivity contribution is 0.103. The minimum absolute atomic E-state index is 0.0116. The molecular formula is C15H14O2. The van der Waals surface area contributed by atoms with Crippen LogP contribution in [0.4, 0.5) is 0 Å². The molecule has 17 heavy (non-hydrogen) atoms. The van der Waals surface area contributed by atoms with E-state index in [-0.39, 0.29) is 5.78 Å². The van der Waals surface area contributed by atoms with E-state index >= 15 is 0 Å². The number of rotatable bonds is 3. The first-order valence-corrected chi connectivity index (χ1v) is 5.47. The molecule has 0 bridgehead atoms. The Morgan fingerprint density at radius 1 is 1.06 bits per heavy atom. The lowest BCUT2D eigenvalue weighted by Crippen LogP contribution is -2.03. The first kappa shape index (κ1) is 11.4. The van der Waals surface area contributed by atoms with Crippen LogP contribution in [0.1, 0.15) is 21.5 Å². The van der Waals surface area contributed by atoms with Gasteiger partial charge in [0.15, 0.2) is 5.78 Å². The highest BCUT2D eigenvalue weighted by molar-refractivity contribution is 6.10. The van der Waals surface area contributed by atoms with Gasteiger partial charge >= 0.3 is 0 Å². The lowest BCUT2D eigenvalue weighted by atomic mass is 10.0. The molecule has 0 atom stereocenters. The highest BCUT2D eigenvalue weighted by Crippen LogP contribution is 2.22. The van der Waals surface area contributed by atoms with E-state index in [1.165, 1.54) is 0 Å². The van der Waals surface area contributed by atoms with Crippen LogP contribution < -0.4 is 4.74 Å². The maximum Gasteiger partial charge on any atom is 0.196 e. The number of methoxy groups -OCH3 is 1. The fourth-order valence-electron chi connectivity index (χ4n) is 1.73. The topological polar surface area (TPSA) is 26.3 Å². The van der Waals surface area contributed by atoms with E-state index in [1.54, 1.807) is 7.11 Å². The first-order chi connectivity index (χ1) is 8.22. The van der Waals surface area contributed by atoms with Gasteiger partial charge in [-0.3, -0.25) is 4.79 Å². The van der Waals surface area contributed by atoms with Crippen LogP contribution in [0.15, 0.2) is 48.5 Å². The van der Waals surface area contributed by atoms with E-state index < -0.39 is 0 Å². The molecule has 86 valence electrons. The van der Waals surface area contributed by atoms with Gasteiger partial charge < -0.3 is 4.74 Å². The summed E-state index contributed by atoms with van der Waals surface area (Å²) in [6, 6.07) is 14.8. The average Bonchev–Trinajstić information content (AvgIpc) is 2.39. The Kier molecular flexibility index (Phi) is 3.24. The fraction of sp³-hybridized carbons (Fsp3) is 0.133. The van der Waals surface area contributed by atoms with Crippen LogP contribution in [-0.2, 0) is 0 Å². The number of hydrogen-bond donors (Lipinski definition) is 0. The van der Waals surface area contributed by atoms with Gasteiger partial charge in [0, 0.05) is 5.56 Å². The number of carbonyl (C=O) groups is 1. The van der Waals surface area contributed by atoms with Gasteiger partial charge in [-0.1, -0.05) is 36.4 Å². The fourth-order valence-corrected chi connectivity index (χ4v) is 1.73. The second-order valence-corrected chi connectivity index (χ2v) is 3.90. The molecule has 0 aliphatic heterocycles. The second-order valence-electron chi connectivity index (χ2n) is 3.90. The van der Waals surface area contributed by atoms with Gasteiger partial charge in [-0.15, -0.1) is 0 Å². The summed E-state index contributed by atoms with van der Waals surface area (Å²) in [5, 5.41) is 0. The third-order valence-corrected chi connectivity index (χ3v) is 2.64. The molecule has 0 heterocycles. The number of ether oxygens (including phenoxy) is 1. The van der Waals surface area contributed by atoms with E-state index in [4.69, 9.17) is 4.74 Å². The molecule has 2 aromatic carbocycles. The van der Waals surface area contributed by atoms with Crippen molar-refractivity contribution in [2.24, 2.45) is 0 Å². The molecule has 0 aromatic heterocycles. The minimum atomic E-state index is -0.0116. The highest BCUT2D eigenvalue weighted by Gasteiger charge is 2.13. The molecule has 0 saturated heterocycles. The summed E-state index contributed by atoms with van der Waals surface area (Å²) in [7, 11) is 1.58. The standard InChI is InChI=1S/C15H14O2/c1-11-8-9-13(14(10-11)17-2)15(16)12-6-4-3-5-7-12/h3-10H,1-2H3. The Labute approximate surface area is 101 Å². The Hall–Kier alpha value is -2.09. The lowest BCUT2D eigenvalue weighted by Gasteiger charge is -2.08. The van der Waals surface area contributed by atoms with Gasteiger partial charge in [0.1, 0.15) is 5.75 Å². The molecule has 0 radical (unpaired) electrons. The molecule has 2 rings (SSSR count). The third-order valence-electron chi connectivity index (χ3n) is 2.64. The van der Waals surface area contributed by atoms with E-state index in [0.29, 0.717) is 16.9 Å². The van der Waals surface area contributed by atoms with Crippen molar-refractivity contribution in [2.45, 2.75) is 6.92 Å². The zero-order valence-corrected chi connectivity index (χ0v) is 9.94. The summed E-state index contributed by atoms with van der Waals surface area (Å²) in [5.74, 6) is 0.612. The summed E-state index contributed by atoms with van der Waals surface area (Å²) in [6.07, 6.45) is 0. The smallest absolute Gasteiger partial charge is 0.196 e. The van der Waals surface area contributed by atoms with Crippen molar-refractivity contribution in [1.82, 2.24) is 0 Å². The monoisotopic (exact) mass is 226 g/mol. The van der Waals surface area contributed by atoms with Crippen molar-refractivity contribution in [2.75, 3.05) is 7.11 Å². The summed E-state index contributed by atoms with van der Waals surface area (Å²) in [6.45, 7) is 1.97. The second kappa shape index (κ2) is 4.83. The Bertz CT molecular complexity index is 530. The minimum Gasteiger partial charge on any atom is -0.496 e. The van der Waals surface area contributed by atoms with E-state index in [0.717, 1.165) is 5.56 Å². The number of hydrogen-bond acceptors (Lipinski definition) is 2. The quantitative estimate of drug-likeness (QED) is 0.751. The molecule has 0 saturated carbocycles. The van der Waals surface area contributed by atoms with Crippen molar-refractivity contribution < 1.29 is 9.53 Å². The molecule has 0 amide bonds. The van der Waals surface area contributed by atoms with Crippen LogP contribution in [0.3, 0.4) is 0 Å². The number of benzene rings is 2. The van der Waals surface area contributed by atoms with Gasteiger partial charge in [-0.2, -0.15) is 0 Å². The molecule has 0 aliphatic carbocycles. The molecule has 0 spiro atoms. The molecule has 2 heteroatoms. The van der Waals surface area contributed by atoms with Crippen LogP contribution in [0.2, 0.25) is 0 Å². The zero-order chi connectivity index (χ0) is 12.3. The van der Waals surface area contributed by atoms with Crippen molar-refractivity contribution in [3.63, 3.8) is 0 Å². The van der Waals surface area contributed by atoms with Crippen LogP contribution in [0.25, 0.3) is 0 Å². The summed E-state index contributed by atoms with van der Waals surface area (Å²) >= 11 is 0. The predicted octanol–water partition coefficient (Wildman–Crippen LogP) is 3.23. The SMILES string of the molecule is COc1cc(C)ccc1C(=O)c1ccccc1. The third kappa shape index (κ3) is 2.36. The van der Waals surface area contributed by atoms with E-state index in [9.17, 15) is 4.79 Å². The summed E-state index contributed by atoms with van der Waals surface area (Å²) in [5.41, 5.74) is 2.35. The van der Waals surface area contributed by atoms with Gasteiger partial charge in [0.05, 0.1) is 12.7 Å². The highest BCUT2D eigenvalue weighted by atomic mass is 16.5. The van der Waals surface area contributed by atoms with Gasteiger partial charge in [-0.05, 0) is 24.6 Å². The van der Waals surface area contributed by atoms with Crippen molar-refractivity contribution in [1.29, 1.82) is 0 Å². The molecule has 0 unspecified atom stereocenters. The normalized spacial score (nSPS) is 10.0. The van der Waals surface area contributed by atoms with Crippen LogP contribution in [-0.4, -0.2) is 12.9 Å². The van der Waals surface area contributed by atoms with Crippen LogP contribution >= 0.6 is 0 Å². The maximum absolute atomic E-state index is 12.3. The first-order valence-electron chi connectivity index (χ1n) is 5.47. The van der Waals surface area contributed by atoms with Crippen molar-refractivity contribution >= 4 is 5.78 Å². The Balaban J connectivity index is 2.44. The number of carbonyl (C=O) groups excluding carboxylic acids is 1. The molecule has 0 N–H and O–H groups in total. The largest absolute Gasteiger partial charge is 0.496 e. The van der Waals surface area contributed by atoms with Crippen molar-refractivity contribution in [3.8, 4) is 5.75 Å². The summed E-state index contributed by atoms with van der Waals surface area (Å²) < 4.78 is 5.25. The van der Waals surface area contributed by atoms with E-state index in [1.807, 2.05) is 55.5 Å². The molecule has 2 aromatic rings. The van der Waals surface area contributed by atoms with E-state index in [2.05, 4.69) is 0 Å². The van der Waals surface area contributed by atoms with Gasteiger partial charge in [-0.25, -0.2) is 0 Å². The number of ketones is 1. The maximum atomic E-state index is 12.3. The Morgan fingerprint density at radius 3 is 2.41 bits per heavy atom. The predicted molar refractivity (Wildman–Crippen MR) is 67.6 cm³/mol. The molecule has 0 fully saturated rings. The van der Waals surface area contributed by atoms with Crippen LogP contribution in [0.5, 0.6) is 5.75 Å². The number of aryl methyl sites for hydroxylation is 1. The van der Waals surface area contributed by atoms with Gasteiger partial charge in [0.25, 0.3) is 0 Å². The van der Waals surface area contributed by atoms with Gasteiger partial charge in [0.2, 0.25) is 0 Å². The molecular weight excluding hydrogens is 212 g/mol. The zero-order valence-electron chi connectivity index (χ0n) is 9.94. The van der Waals surface area contributed by atoms with Crippen molar-refractivity contribution in [3.05, 3.63) is 65.2 Å². The molecule has 2 nitrogen and oxygen atoms in total. The average molecular weight is 226 g/mol. The summed E-state index contributed by atoms with van der Waals surface area (Å²) in [4.78, 5) is 12.3. The van der Waals surface area contributed by atoms with Crippen LogP contribution in [0, 0.1) is 6.92 Å².